The van der Waals surface area contributed by atoms with E-state index in [0.717, 1.165) is 11.5 Å². The zero-order valence-corrected chi connectivity index (χ0v) is 15.7. The van der Waals surface area contributed by atoms with Crippen LogP contribution in [0.15, 0.2) is 73.1 Å². The average Bonchev–Trinajstić information content (AvgIpc) is 3.15. The molecule has 0 bridgehead atoms. The molecule has 0 amide bonds. The van der Waals surface area contributed by atoms with Gasteiger partial charge in [-0.3, -0.25) is 0 Å². The van der Waals surface area contributed by atoms with E-state index in [1.165, 1.54) is 44.8 Å². The zero-order valence-electron chi connectivity index (χ0n) is 15.7. The summed E-state index contributed by atoms with van der Waals surface area (Å²) in [4.78, 5) is 0. The summed E-state index contributed by atoms with van der Waals surface area (Å²) in [5.41, 5.74) is 9.53. The number of benzene rings is 2. The lowest BCUT2D eigenvalue weighted by molar-refractivity contribution is -0.955. The molecule has 3 aliphatic heterocycles. The molecule has 0 N–H and O–H groups in total. The standard InChI is InChI=1S/C25H18N2O/c1-15-9-11-27-20(13-15)17-6-5-8-21-23(17)25(27)24-18(12-16(2)14-22(24)28-21)19-7-3-4-10-26(19)25/h3-14H,1-2H3/q+2. The Labute approximate surface area is 163 Å². The van der Waals surface area contributed by atoms with Crippen molar-refractivity contribution in [3.05, 3.63) is 95.3 Å². The van der Waals surface area contributed by atoms with Crippen molar-refractivity contribution in [2.45, 2.75) is 19.5 Å². The minimum absolute atomic E-state index is 0.428. The van der Waals surface area contributed by atoms with Crippen LogP contribution in [0, 0.1) is 13.8 Å². The Hall–Kier alpha value is -3.46. The lowest BCUT2D eigenvalue weighted by Gasteiger charge is -2.25. The van der Waals surface area contributed by atoms with Crippen LogP contribution in [-0.4, -0.2) is 0 Å². The highest BCUT2D eigenvalue weighted by atomic mass is 16.5. The fraction of sp³-hybridized carbons (Fsp3) is 0.120. The van der Waals surface area contributed by atoms with Crippen molar-refractivity contribution < 1.29 is 13.9 Å². The molecule has 3 heteroatoms. The van der Waals surface area contributed by atoms with E-state index in [1.807, 2.05) is 0 Å². The second-order valence-electron chi connectivity index (χ2n) is 8.05. The van der Waals surface area contributed by atoms with Crippen LogP contribution >= 0.6 is 0 Å². The van der Waals surface area contributed by atoms with Gasteiger partial charge in [-0.15, -0.1) is 9.13 Å². The van der Waals surface area contributed by atoms with E-state index in [0.29, 0.717) is 0 Å². The first-order valence-electron chi connectivity index (χ1n) is 9.71. The Balaban J connectivity index is 1.79. The molecule has 4 aromatic rings. The molecule has 28 heavy (non-hydrogen) atoms. The summed E-state index contributed by atoms with van der Waals surface area (Å²) < 4.78 is 11.4. The first kappa shape index (κ1) is 14.6. The Kier molecular flexibility index (Phi) is 2.34. The second kappa shape index (κ2) is 4.50. The maximum Gasteiger partial charge on any atom is 0.424 e. The van der Waals surface area contributed by atoms with Crippen molar-refractivity contribution in [2.75, 3.05) is 0 Å². The van der Waals surface area contributed by atoms with E-state index < -0.39 is 5.66 Å². The van der Waals surface area contributed by atoms with E-state index in [2.05, 4.69) is 96.0 Å². The van der Waals surface area contributed by atoms with Crippen molar-refractivity contribution in [1.29, 1.82) is 0 Å². The molecule has 2 aromatic heterocycles. The Morgan fingerprint density at radius 1 is 0.679 bits per heavy atom. The highest BCUT2D eigenvalue weighted by Crippen LogP contribution is 2.57. The zero-order chi connectivity index (χ0) is 18.6. The van der Waals surface area contributed by atoms with Crippen LogP contribution < -0.4 is 13.9 Å². The van der Waals surface area contributed by atoms with Crippen LogP contribution in [0.3, 0.4) is 0 Å². The number of nitrogens with zero attached hydrogens (tertiary/aromatic N) is 2. The second-order valence-corrected chi connectivity index (χ2v) is 8.05. The molecule has 3 aliphatic rings. The van der Waals surface area contributed by atoms with Gasteiger partial charge >= 0.3 is 5.66 Å². The number of ether oxygens (including phenoxy) is 1. The minimum Gasteiger partial charge on any atom is -0.456 e. The third-order valence-corrected chi connectivity index (χ3v) is 6.41. The predicted molar refractivity (Wildman–Crippen MR) is 105 cm³/mol. The van der Waals surface area contributed by atoms with Crippen LogP contribution in [0.4, 0.5) is 0 Å². The van der Waals surface area contributed by atoms with Gasteiger partial charge in [0, 0.05) is 24.3 Å². The maximum absolute atomic E-state index is 6.50. The summed E-state index contributed by atoms with van der Waals surface area (Å²) in [5, 5.41) is 0. The molecule has 0 radical (unpaired) electrons. The molecule has 0 aliphatic carbocycles. The molecular weight excluding hydrogens is 344 g/mol. The van der Waals surface area contributed by atoms with Crippen molar-refractivity contribution in [3.8, 4) is 34.0 Å². The fourth-order valence-electron chi connectivity index (χ4n) is 5.47. The molecule has 1 unspecified atom stereocenters. The quantitative estimate of drug-likeness (QED) is 0.369. The van der Waals surface area contributed by atoms with Gasteiger partial charge in [0.15, 0.2) is 23.5 Å². The average molecular weight is 362 g/mol. The Bertz CT molecular complexity index is 1370. The van der Waals surface area contributed by atoms with E-state index in [4.69, 9.17) is 4.74 Å². The van der Waals surface area contributed by atoms with Gasteiger partial charge in [-0.25, -0.2) is 0 Å². The molecule has 132 valence electrons. The van der Waals surface area contributed by atoms with Crippen LogP contribution in [0.25, 0.3) is 22.5 Å². The lowest BCUT2D eigenvalue weighted by atomic mass is 9.86. The third kappa shape index (κ3) is 1.40. The molecule has 0 saturated heterocycles. The van der Waals surface area contributed by atoms with Gasteiger partial charge in [0.1, 0.15) is 11.5 Å². The Morgan fingerprint density at radius 2 is 1.54 bits per heavy atom. The molecule has 5 heterocycles. The fourth-order valence-corrected chi connectivity index (χ4v) is 5.47. The monoisotopic (exact) mass is 362 g/mol. The molecule has 7 rings (SSSR count). The molecule has 0 saturated carbocycles. The van der Waals surface area contributed by atoms with E-state index in [9.17, 15) is 0 Å². The number of pyridine rings is 2. The van der Waals surface area contributed by atoms with Crippen LogP contribution in [0.1, 0.15) is 22.3 Å². The van der Waals surface area contributed by atoms with Gasteiger partial charge < -0.3 is 4.74 Å². The number of rotatable bonds is 0. The summed E-state index contributed by atoms with van der Waals surface area (Å²) in [6.45, 7) is 4.30. The number of hydrogen-bond donors (Lipinski definition) is 0. The van der Waals surface area contributed by atoms with Gasteiger partial charge in [0.25, 0.3) is 0 Å². The summed E-state index contributed by atoms with van der Waals surface area (Å²) >= 11 is 0. The van der Waals surface area contributed by atoms with Crippen molar-refractivity contribution in [2.24, 2.45) is 0 Å². The van der Waals surface area contributed by atoms with Crippen LogP contribution in [0.2, 0.25) is 0 Å². The van der Waals surface area contributed by atoms with E-state index in [1.54, 1.807) is 0 Å². The smallest absolute Gasteiger partial charge is 0.424 e. The van der Waals surface area contributed by atoms with Gasteiger partial charge in [0.2, 0.25) is 11.4 Å². The van der Waals surface area contributed by atoms with Crippen molar-refractivity contribution in [3.63, 3.8) is 0 Å². The summed E-state index contributed by atoms with van der Waals surface area (Å²) in [7, 11) is 0. The van der Waals surface area contributed by atoms with E-state index >= 15 is 0 Å². The van der Waals surface area contributed by atoms with Gasteiger partial charge in [-0.05, 0) is 55.3 Å². The minimum atomic E-state index is -0.428. The number of hydrogen-bond acceptors (Lipinski definition) is 1. The number of aryl methyl sites for hydroxylation is 2. The summed E-state index contributed by atoms with van der Waals surface area (Å²) in [6, 6.07) is 21.9. The van der Waals surface area contributed by atoms with Gasteiger partial charge in [-0.1, -0.05) is 6.07 Å². The first-order chi connectivity index (χ1) is 13.7. The normalized spacial score (nSPS) is 18.8. The molecule has 2 aromatic carbocycles. The third-order valence-electron chi connectivity index (χ3n) is 6.41. The van der Waals surface area contributed by atoms with Crippen molar-refractivity contribution >= 4 is 0 Å². The maximum atomic E-state index is 6.50. The lowest BCUT2D eigenvalue weighted by Crippen LogP contribution is -2.71. The Morgan fingerprint density at radius 3 is 2.46 bits per heavy atom. The van der Waals surface area contributed by atoms with Crippen molar-refractivity contribution in [1.82, 2.24) is 0 Å². The number of fused-ring (bicyclic) bond motifs is 4. The summed E-state index contributed by atoms with van der Waals surface area (Å²) in [6.07, 6.45) is 4.45. The molecular formula is C25H18N2O+2. The SMILES string of the molecule is Cc1cc2c3c(c1)-c1cccc[n+]1C31c3c(cccc3-c3cc(C)cc[n+]31)O2. The topological polar surface area (TPSA) is 17.0 Å². The highest BCUT2D eigenvalue weighted by Gasteiger charge is 2.70. The predicted octanol–water partition coefficient (Wildman–Crippen LogP) is 4.24. The van der Waals surface area contributed by atoms with Crippen LogP contribution in [-0.2, 0) is 5.66 Å². The first-order valence-corrected chi connectivity index (χ1v) is 9.71. The molecule has 1 atom stereocenters. The highest BCUT2D eigenvalue weighted by molar-refractivity contribution is 5.80. The molecule has 0 fully saturated rings. The van der Waals surface area contributed by atoms with E-state index in [-0.39, 0.29) is 0 Å². The van der Waals surface area contributed by atoms with Gasteiger partial charge in [-0.2, -0.15) is 0 Å². The molecule has 3 nitrogen and oxygen atoms in total. The molecule has 1 spiro atoms. The van der Waals surface area contributed by atoms with Crippen LogP contribution in [0.5, 0.6) is 11.5 Å². The largest absolute Gasteiger partial charge is 0.456 e. The number of aromatic nitrogens is 2. The summed E-state index contributed by atoms with van der Waals surface area (Å²) in [5.74, 6) is 1.91. The van der Waals surface area contributed by atoms with Gasteiger partial charge in [0.05, 0.1) is 11.1 Å².